The van der Waals surface area contributed by atoms with Gasteiger partial charge in [0.15, 0.2) is 16.7 Å². The Hall–Kier alpha value is -3.00. The first-order chi connectivity index (χ1) is 14.0. The highest BCUT2D eigenvalue weighted by Crippen LogP contribution is 2.46. The summed E-state index contributed by atoms with van der Waals surface area (Å²) in [5, 5.41) is 14.0. The van der Waals surface area contributed by atoms with Crippen LogP contribution >= 0.6 is 11.8 Å². The number of allylic oxidation sites excluding steroid dienone is 2. The first kappa shape index (κ1) is 19.3. The number of carbonyl (C=O) groups is 1. The predicted molar refractivity (Wildman–Crippen MR) is 112 cm³/mol. The molecule has 0 radical (unpaired) electrons. The van der Waals surface area contributed by atoms with Crippen LogP contribution in [0.25, 0.3) is 0 Å². The van der Waals surface area contributed by atoms with E-state index in [-0.39, 0.29) is 17.1 Å². The third-order valence-electron chi connectivity index (χ3n) is 5.18. The third kappa shape index (κ3) is 3.44. The molecule has 0 fully saturated rings. The van der Waals surface area contributed by atoms with E-state index in [4.69, 9.17) is 4.74 Å². The average molecular weight is 411 g/mol. The molecule has 2 aromatic rings. The topological polar surface area (TPSA) is 104 Å². The Morgan fingerprint density at radius 2 is 2.21 bits per heavy atom. The van der Waals surface area contributed by atoms with Crippen molar-refractivity contribution in [2.75, 3.05) is 18.2 Å². The van der Waals surface area contributed by atoms with Crippen LogP contribution in [0.3, 0.4) is 0 Å². The molecule has 2 aliphatic rings. The number of ketones is 1. The van der Waals surface area contributed by atoms with E-state index in [0.717, 1.165) is 5.70 Å². The summed E-state index contributed by atoms with van der Waals surface area (Å²) < 4.78 is 5.13. The van der Waals surface area contributed by atoms with Gasteiger partial charge in [-0.15, -0.1) is 6.58 Å². The Bertz CT molecular complexity index is 1080. The van der Waals surface area contributed by atoms with Crippen molar-refractivity contribution in [1.82, 2.24) is 9.97 Å². The number of anilines is 1. The Balaban J connectivity index is 1.90. The van der Waals surface area contributed by atoms with Crippen molar-refractivity contribution < 1.29 is 14.6 Å². The molecule has 0 saturated heterocycles. The highest BCUT2D eigenvalue weighted by Gasteiger charge is 2.42. The predicted octanol–water partition coefficient (Wildman–Crippen LogP) is 3.18. The molecule has 7 nitrogen and oxygen atoms in total. The molecule has 0 amide bonds. The number of Topliss-reactive ketones (excluding diaryl/α,β-unsaturated/α-hetero) is 1. The first-order valence-corrected chi connectivity index (χ1v) is 10.3. The van der Waals surface area contributed by atoms with Crippen LogP contribution in [0.5, 0.6) is 11.5 Å². The molecule has 2 heterocycles. The number of hydrogen-bond donors (Lipinski definition) is 3. The van der Waals surface area contributed by atoms with Crippen molar-refractivity contribution in [1.29, 1.82) is 0 Å². The van der Waals surface area contributed by atoms with E-state index in [1.54, 1.807) is 24.3 Å². The molecule has 150 valence electrons. The maximum Gasteiger partial charge on any atom is 0.257 e. The normalized spacial score (nSPS) is 20.2. The highest BCUT2D eigenvalue weighted by molar-refractivity contribution is 7.99. The number of methoxy groups -OCH3 is 1. The zero-order valence-electron chi connectivity index (χ0n) is 15.9. The molecule has 2 atom stereocenters. The lowest BCUT2D eigenvalue weighted by molar-refractivity contribution is -0.122. The molecule has 0 bridgehead atoms. The van der Waals surface area contributed by atoms with Gasteiger partial charge in [-0.1, -0.05) is 30.0 Å². The quantitative estimate of drug-likeness (QED) is 0.394. The second-order valence-electron chi connectivity index (χ2n) is 6.91. The molecule has 1 aromatic carbocycles. The zero-order valence-corrected chi connectivity index (χ0v) is 16.7. The fourth-order valence-corrected chi connectivity index (χ4v) is 4.53. The summed E-state index contributed by atoms with van der Waals surface area (Å²) in [6.07, 6.45) is 4.79. The number of aromatic hydroxyl groups is 1. The molecule has 0 spiro atoms. The Labute approximate surface area is 171 Å². The number of phenolic OH excluding ortho intramolecular Hbond substituents is 1. The number of hydrogen-bond acceptors (Lipinski definition) is 7. The molecule has 1 aromatic heterocycles. The van der Waals surface area contributed by atoms with Crippen LogP contribution in [0.2, 0.25) is 0 Å². The molecule has 8 heteroatoms. The summed E-state index contributed by atoms with van der Waals surface area (Å²) in [6.45, 7) is 3.69. The fourth-order valence-electron chi connectivity index (χ4n) is 3.93. The average Bonchev–Trinajstić information content (AvgIpc) is 2.71. The number of aromatic amines is 1. The van der Waals surface area contributed by atoms with Crippen LogP contribution in [0.4, 0.5) is 5.82 Å². The van der Waals surface area contributed by atoms with Gasteiger partial charge < -0.3 is 20.1 Å². The van der Waals surface area contributed by atoms with Gasteiger partial charge in [-0.2, -0.15) is 0 Å². The van der Waals surface area contributed by atoms with E-state index < -0.39 is 11.8 Å². The van der Waals surface area contributed by atoms with Gasteiger partial charge in [0, 0.05) is 23.8 Å². The number of ether oxygens (including phenoxy) is 1. The van der Waals surface area contributed by atoms with E-state index in [0.29, 0.717) is 46.4 Å². The second-order valence-corrected chi connectivity index (χ2v) is 7.92. The van der Waals surface area contributed by atoms with Crippen LogP contribution in [-0.2, 0) is 4.79 Å². The van der Waals surface area contributed by atoms with Crippen molar-refractivity contribution in [2.45, 2.75) is 23.9 Å². The molecule has 29 heavy (non-hydrogen) atoms. The third-order valence-corrected chi connectivity index (χ3v) is 6.05. The Morgan fingerprint density at radius 1 is 1.38 bits per heavy atom. The van der Waals surface area contributed by atoms with Crippen molar-refractivity contribution in [3.8, 4) is 11.5 Å². The van der Waals surface area contributed by atoms with Crippen molar-refractivity contribution in [3.63, 3.8) is 0 Å². The van der Waals surface area contributed by atoms with Gasteiger partial charge in [-0.3, -0.25) is 9.59 Å². The minimum absolute atomic E-state index is 0.0404. The number of H-pyrrole nitrogens is 1. The van der Waals surface area contributed by atoms with Crippen LogP contribution in [-0.4, -0.2) is 33.7 Å². The SMILES string of the molecule is C=CCSc1nc2c(c(=O)[nH]1)[C@H](c1ccc(OC)c(O)c1)[C@H]1C(=O)CCC=C1N2. The Kier molecular flexibility index (Phi) is 5.19. The Morgan fingerprint density at radius 3 is 2.93 bits per heavy atom. The number of phenols is 1. The van der Waals surface area contributed by atoms with Gasteiger partial charge in [-0.05, 0) is 24.1 Å². The summed E-state index contributed by atoms with van der Waals surface area (Å²) >= 11 is 1.37. The second kappa shape index (κ2) is 7.79. The summed E-state index contributed by atoms with van der Waals surface area (Å²) in [5.41, 5.74) is 1.52. The van der Waals surface area contributed by atoms with E-state index >= 15 is 0 Å². The smallest absolute Gasteiger partial charge is 0.257 e. The standard InChI is InChI=1S/C21H21N3O4S/c1-3-9-29-21-23-19-18(20(27)24-21)16(11-7-8-15(28-2)14(26)10-11)17-12(22-19)5-4-6-13(17)25/h3,5,7-8,10,16-17,26H,1,4,6,9H2,2H3,(H2,22,23,24,27)/t16-,17-/m1/s1. The largest absolute Gasteiger partial charge is 0.504 e. The van der Waals surface area contributed by atoms with E-state index in [9.17, 15) is 14.7 Å². The van der Waals surface area contributed by atoms with Crippen molar-refractivity contribution >= 4 is 23.4 Å². The van der Waals surface area contributed by atoms with Gasteiger partial charge in [0.05, 0.1) is 18.6 Å². The number of nitrogens with one attached hydrogen (secondary N) is 2. The summed E-state index contributed by atoms with van der Waals surface area (Å²) in [7, 11) is 1.47. The lowest BCUT2D eigenvalue weighted by Gasteiger charge is -2.36. The minimum atomic E-state index is -0.545. The maximum atomic E-state index is 13.0. The van der Waals surface area contributed by atoms with Crippen LogP contribution in [0.1, 0.15) is 29.9 Å². The molecular weight excluding hydrogens is 390 g/mol. The monoisotopic (exact) mass is 411 g/mol. The van der Waals surface area contributed by atoms with Crippen LogP contribution < -0.4 is 15.6 Å². The molecule has 1 aliphatic carbocycles. The number of benzene rings is 1. The number of aromatic nitrogens is 2. The summed E-state index contributed by atoms with van der Waals surface area (Å²) in [6, 6.07) is 4.97. The molecule has 4 rings (SSSR count). The number of rotatable bonds is 5. The van der Waals surface area contributed by atoms with Gasteiger partial charge in [0.2, 0.25) is 0 Å². The number of nitrogens with zero attached hydrogens (tertiary/aromatic N) is 1. The fraction of sp³-hybridized carbons (Fsp3) is 0.286. The van der Waals surface area contributed by atoms with Gasteiger partial charge in [-0.25, -0.2) is 4.98 Å². The molecule has 3 N–H and O–H groups in total. The lowest BCUT2D eigenvalue weighted by atomic mass is 9.72. The van der Waals surface area contributed by atoms with Crippen LogP contribution in [0, 0.1) is 5.92 Å². The summed E-state index contributed by atoms with van der Waals surface area (Å²) in [4.78, 5) is 33.2. The van der Waals surface area contributed by atoms with E-state index in [2.05, 4.69) is 21.9 Å². The summed E-state index contributed by atoms with van der Waals surface area (Å²) in [5.74, 6) is 0.346. The van der Waals surface area contributed by atoms with Crippen molar-refractivity contribution in [2.24, 2.45) is 5.92 Å². The highest BCUT2D eigenvalue weighted by atomic mass is 32.2. The van der Waals surface area contributed by atoms with E-state index in [1.165, 1.54) is 18.9 Å². The van der Waals surface area contributed by atoms with Gasteiger partial charge in [0.25, 0.3) is 5.56 Å². The zero-order chi connectivity index (χ0) is 20.5. The molecule has 0 unspecified atom stereocenters. The van der Waals surface area contributed by atoms with Gasteiger partial charge in [0.1, 0.15) is 11.6 Å². The van der Waals surface area contributed by atoms with Crippen LogP contribution in [0.15, 0.2) is 52.6 Å². The molecular formula is C21H21N3O4S. The van der Waals surface area contributed by atoms with Gasteiger partial charge >= 0.3 is 0 Å². The maximum absolute atomic E-state index is 13.0. The number of fused-ring (bicyclic) bond motifs is 2. The van der Waals surface area contributed by atoms with Crippen molar-refractivity contribution in [3.05, 3.63) is 64.1 Å². The molecule has 1 aliphatic heterocycles. The lowest BCUT2D eigenvalue weighted by Crippen LogP contribution is -2.38. The minimum Gasteiger partial charge on any atom is -0.504 e. The molecule has 0 saturated carbocycles. The number of thioether (sulfide) groups is 1. The first-order valence-electron chi connectivity index (χ1n) is 9.28. The number of carbonyl (C=O) groups excluding carboxylic acids is 1. The van der Waals surface area contributed by atoms with E-state index in [1.807, 2.05) is 6.08 Å².